The van der Waals surface area contributed by atoms with Gasteiger partial charge in [0.2, 0.25) is 0 Å². The number of anilines is 5. The number of para-hydroxylation sites is 6. The molecule has 3 heterocycles. The Hall–Kier alpha value is -4.90. The monoisotopic (exact) mass is 478 g/mol. The van der Waals surface area contributed by atoms with Crippen molar-refractivity contribution in [3.8, 4) is 0 Å². The topological polar surface area (TPSA) is 40.9 Å². The summed E-state index contributed by atoms with van der Waals surface area (Å²) < 4.78 is 1.76. The predicted octanol–water partition coefficient (Wildman–Crippen LogP) is 7.53. The van der Waals surface area contributed by atoms with Crippen molar-refractivity contribution < 1.29 is 0 Å². The Morgan fingerprint density at radius 2 is 1.27 bits per heavy atom. The molecule has 1 aliphatic heterocycles. The molecule has 0 bridgehead atoms. The molecule has 0 atom stereocenters. The van der Waals surface area contributed by atoms with E-state index >= 15 is 0 Å². The van der Waals surface area contributed by atoms with Gasteiger partial charge in [0.05, 0.1) is 39.5 Å². The van der Waals surface area contributed by atoms with Crippen molar-refractivity contribution in [2.24, 2.45) is 0 Å². The lowest BCUT2D eigenvalue weighted by Crippen LogP contribution is -2.27. The van der Waals surface area contributed by atoms with Gasteiger partial charge in [0.15, 0.2) is 0 Å². The number of nitrogens with zero attached hydrogens (tertiary/aromatic N) is 4. The first kappa shape index (κ1) is 20.3. The zero-order valence-electron chi connectivity index (χ0n) is 20.2. The zero-order valence-corrected chi connectivity index (χ0v) is 20.2. The van der Waals surface area contributed by atoms with Crippen LogP contribution >= 0.6 is 0 Å². The lowest BCUT2D eigenvalue weighted by molar-refractivity contribution is 1.000. The summed E-state index contributed by atoms with van der Waals surface area (Å²) in [6.45, 7) is 3.06. The molecule has 2 aromatic heterocycles. The first-order valence-corrected chi connectivity index (χ1v) is 12.6. The van der Waals surface area contributed by atoms with Crippen molar-refractivity contribution in [1.82, 2.24) is 9.38 Å². The highest BCUT2D eigenvalue weighted by Crippen LogP contribution is 2.52. The molecule has 0 unspecified atom stereocenters. The minimum Gasteiger partial charge on any atom is -0.338 e. The number of imidazole rings is 1. The molecular weight excluding hydrogens is 456 g/mol. The maximum atomic E-state index is 13.8. The molecule has 8 rings (SSSR count). The van der Waals surface area contributed by atoms with E-state index in [0.29, 0.717) is 11.0 Å². The molecule has 0 radical (unpaired) electrons. The second-order valence-electron chi connectivity index (χ2n) is 9.48. The Bertz CT molecular complexity index is 2030. The van der Waals surface area contributed by atoms with Crippen LogP contribution in [0.5, 0.6) is 0 Å². The molecule has 37 heavy (non-hydrogen) atoms. The highest BCUT2D eigenvalue weighted by Gasteiger charge is 2.29. The third-order valence-corrected chi connectivity index (χ3v) is 7.64. The molecule has 0 saturated heterocycles. The van der Waals surface area contributed by atoms with Gasteiger partial charge in [0.25, 0.3) is 5.56 Å². The van der Waals surface area contributed by atoms with E-state index in [1.807, 2.05) is 30.3 Å². The van der Waals surface area contributed by atoms with Crippen molar-refractivity contribution in [1.29, 1.82) is 0 Å². The zero-order chi connectivity index (χ0) is 24.7. The van der Waals surface area contributed by atoms with E-state index < -0.39 is 0 Å². The summed E-state index contributed by atoms with van der Waals surface area (Å²) in [4.78, 5) is 23.4. The van der Waals surface area contributed by atoms with Crippen molar-refractivity contribution in [3.05, 3.63) is 113 Å². The maximum absolute atomic E-state index is 13.8. The van der Waals surface area contributed by atoms with E-state index in [4.69, 9.17) is 4.98 Å². The van der Waals surface area contributed by atoms with Gasteiger partial charge < -0.3 is 9.80 Å². The molecule has 5 heteroatoms. The summed E-state index contributed by atoms with van der Waals surface area (Å²) in [6, 6.07) is 35.3. The number of hydrogen-bond donors (Lipinski definition) is 0. The van der Waals surface area contributed by atoms with Crippen LogP contribution in [0.3, 0.4) is 0 Å². The maximum Gasteiger partial charge on any atom is 0.264 e. The third-order valence-electron chi connectivity index (χ3n) is 7.64. The molecule has 0 spiro atoms. The van der Waals surface area contributed by atoms with E-state index in [0.717, 1.165) is 50.8 Å². The van der Waals surface area contributed by atoms with Crippen molar-refractivity contribution >= 4 is 66.7 Å². The van der Waals surface area contributed by atoms with Crippen LogP contribution in [0, 0.1) is 0 Å². The Balaban J connectivity index is 1.50. The quantitative estimate of drug-likeness (QED) is 0.257. The number of benzene rings is 5. The van der Waals surface area contributed by atoms with Gasteiger partial charge in [0, 0.05) is 28.1 Å². The Morgan fingerprint density at radius 1 is 0.622 bits per heavy atom. The highest BCUT2D eigenvalue weighted by atomic mass is 16.1. The Labute approximate surface area is 212 Å². The molecule has 0 saturated carbocycles. The SMILES string of the molecule is CCN1c2ccccc2N(c2ccc3c(=O)n4c5ccccc5nc4c4cccc2c34)c2ccccc21. The molecule has 0 amide bonds. The van der Waals surface area contributed by atoms with Crippen LogP contribution in [0.1, 0.15) is 6.92 Å². The highest BCUT2D eigenvalue weighted by molar-refractivity contribution is 6.20. The summed E-state index contributed by atoms with van der Waals surface area (Å²) in [5.41, 5.74) is 7.98. The second-order valence-corrected chi connectivity index (χ2v) is 9.48. The minimum absolute atomic E-state index is 0.0319. The fraction of sp³-hybridized carbons (Fsp3) is 0.0625. The fourth-order valence-electron chi connectivity index (χ4n) is 6.11. The van der Waals surface area contributed by atoms with Gasteiger partial charge in [-0.15, -0.1) is 0 Å². The summed E-state index contributed by atoms with van der Waals surface area (Å²) in [6.07, 6.45) is 0. The Morgan fingerprint density at radius 3 is 2.00 bits per heavy atom. The first-order valence-electron chi connectivity index (χ1n) is 12.6. The normalized spacial score (nSPS) is 13.1. The average molecular weight is 479 g/mol. The number of pyridine rings is 1. The van der Waals surface area contributed by atoms with Crippen LogP contribution in [-0.4, -0.2) is 15.9 Å². The van der Waals surface area contributed by atoms with Crippen LogP contribution in [0.2, 0.25) is 0 Å². The van der Waals surface area contributed by atoms with E-state index in [2.05, 4.69) is 89.5 Å². The lowest BCUT2D eigenvalue weighted by atomic mass is 9.98. The largest absolute Gasteiger partial charge is 0.338 e. The van der Waals surface area contributed by atoms with Crippen LogP contribution in [0.25, 0.3) is 38.2 Å². The predicted molar refractivity (Wildman–Crippen MR) is 153 cm³/mol. The van der Waals surface area contributed by atoms with E-state index in [1.54, 1.807) is 4.40 Å². The second kappa shape index (κ2) is 7.31. The molecule has 5 nitrogen and oxygen atoms in total. The molecule has 0 aliphatic carbocycles. The van der Waals surface area contributed by atoms with E-state index in [9.17, 15) is 4.79 Å². The molecule has 1 aliphatic rings. The van der Waals surface area contributed by atoms with Crippen LogP contribution in [-0.2, 0) is 0 Å². The standard InChI is InChI=1S/C32H22N4O/c1-2-34-26-14-5-7-16-28(26)35(29-17-8-6-15-27(29)34)24-19-18-22-30-20(24)10-9-11-21(30)31-33-23-12-3-4-13-25(23)36(31)32(22)37/h3-19H,2H2,1H3. The molecule has 5 aromatic carbocycles. The third kappa shape index (κ3) is 2.58. The first-order chi connectivity index (χ1) is 18.3. The number of fused-ring (bicyclic) bond motifs is 6. The van der Waals surface area contributed by atoms with Gasteiger partial charge in [-0.2, -0.15) is 0 Å². The minimum atomic E-state index is -0.0319. The van der Waals surface area contributed by atoms with Gasteiger partial charge in [-0.3, -0.25) is 9.20 Å². The van der Waals surface area contributed by atoms with Crippen molar-refractivity contribution in [3.63, 3.8) is 0 Å². The lowest BCUT2D eigenvalue weighted by Gasteiger charge is -2.40. The molecule has 0 N–H and O–H groups in total. The van der Waals surface area contributed by atoms with Gasteiger partial charge in [-0.25, -0.2) is 4.98 Å². The molecular formula is C32H22N4O. The van der Waals surface area contributed by atoms with Crippen molar-refractivity contribution in [2.75, 3.05) is 16.3 Å². The molecule has 176 valence electrons. The van der Waals surface area contributed by atoms with Crippen molar-refractivity contribution in [2.45, 2.75) is 6.92 Å². The van der Waals surface area contributed by atoms with Crippen LogP contribution < -0.4 is 15.4 Å². The summed E-state index contributed by atoms with van der Waals surface area (Å²) in [5, 5.41) is 3.69. The Kier molecular flexibility index (Phi) is 4.01. The summed E-state index contributed by atoms with van der Waals surface area (Å²) >= 11 is 0. The van der Waals surface area contributed by atoms with Gasteiger partial charge in [0.1, 0.15) is 5.65 Å². The number of aromatic nitrogens is 2. The van der Waals surface area contributed by atoms with Gasteiger partial charge >= 0.3 is 0 Å². The van der Waals surface area contributed by atoms with Crippen LogP contribution in [0.4, 0.5) is 28.4 Å². The van der Waals surface area contributed by atoms with Gasteiger partial charge in [-0.05, 0) is 55.5 Å². The molecule has 7 aromatic rings. The number of hydrogen-bond acceptors (Lipinski definition) is 4. The number of rotatable bonds is 2. The summed E-state index contributed by atoms with van der Waals surface area (Å²) in [5.74, 6) is 0. The summed E-state index contributed by atoms with van der Waals surface area (Å²) in [7, 11) is 0. The smallest absolute Gasteiger partial charge is 0.264 e. The van der Waals surface area contributed by atoms with Crippen LogP contribution in [0.15, 0.2) is 108 Å². The van der Waals surface area contributed by atoms with E-state index in [1.165, 1.54) is 11.4 Å². The average Bonchev–Trinajstić information content (AvgIpc) is 3.35. The van der Waals surface area contributed by atoms with Gasteiger partial charge in [-0.1, -0.05) is 54.6 Å². The van der Waals surface area contributed by atoms with E-state index in [-0.39, 0.29) is 5.56 Å². The fourth-order valence-corrected chi connectivity index (χ4v) is 6.11. The molecule has 0 fully saturated rings.